The van der Waals surface area contributed by atoms with E-state index in [2.05, 4.69) is 0 Å². The summed E-state index contributed by atoms with van der Waals surface area (Å²) < 4.78 is 105. The van der Waals surface area contributed by atoms with E-state index in [1.165, 1.54) is 0 Å². The van der Waals surface area contributed by atoms with Crippen LogP contribution in [0.3, 0.4) is 0 Å². The molecule has 0 rings (SSSR count). The lowest BCUT2D eigenvalue weighted by atomic mass is 10.1. The van der Waals surface area contributed by atoms with Gasteiger partial charge in [-0.25, -0.2) is 4.39 Å². The Morgan fingerprint density at radius 1 is 0.800 bits per heavy atom. The first-order valence-corrected chi connectivity index (χ1v) is 3.53. The van der Waals surface area contributed by atoms with Crippen LogP contribution in [0, 0.1) is 0 Å². The van der Waals surface area contributed by atoms with Crippen LogP contribution in [-0.2, 0) is 0 Å². The van der Waals surface area contributed by atoms with Gasteiger partial charge in [-0.2, -0.15) is 35.1 Å². The second-order valence-corrected chi connectivity index (χ2v) is 2.75. The first kappa shape index (κ1) is 14.4. The molecule has 9 heteroatoms. The van der Waals surface area contributed by atoms with Crippen molar-refractivity contribution < 1.29 is 39.5 Å². The van der Waals surface area contributed by atoms with Crippen molar-refractivity contribution in [2.75, 3.05) is 0 Å². The maximum Gasteiger partial charge on any atom is 0.453 e. The van der Waals surface area contributed by atoms with E-state index in [0.29, 0.717) is 0 Å². The molecule has 0 heterocycles. The van der Waals surface area contributed by atoms with Gasteiger partial charge >= 0.3 is 18.3 Å². The first-order valence-electron chi connectivity index (χ1n) is 3.53. The van der Waals surface area contributed by atoms with Crippen LogP contribution >= 0.6 is 0 Å². The lowest BCUT2D eigenvalue weighted by Gasteiger charge is -2.20. The Bertz CT molecular complexity index is 200. The lowest BCUT2D eigenvalue weighted by molar-refractivity contribution is -0.287. The molecular formula is C6H5F9. The Labute approximate surface area is 78.1 Å². The van der Waals surface area contributed by atoms with Crippen molar-refractivity contribution >= 4 is 0 Å². The van der Waals surface area contributed by atoms with Crippen LogP contribution in [0.2, 0.25) is 0 Å². The third-order valence-corrected chi connectivity index (χ3v) is 1.48. The highest BCUT2D eigenvalue weighted by Gasteiger charge is 2.57. The van der Waals surface area contributed by atoms with E-state index in [1.54, 1.807) is 0 Å². The SMILES string of the molecule is FC(CCC(F)(F)C(F)(F)F)C(F)(F)F. The Morgan fingerprint density at radius 3 is 1.47 bits per heavy atom. The summed E-state index contributed by atoms with van der Waals surface area (Å²) in [5.41, 5.74) is 0. The molecule has 0 nitrogen and oxygen atoms in total. The summed E-state index contributed by atoms with van der Waals surface area (Å²) in [5, 5.41) is 0. The molecule has 0 saturated heterocycles. The average Bonchev–Trinajstić information content (AvgIpc) is 1.96. The van der Waals surface area contributed by atoms with Crippen molar-refractivity contribution in [2.24, 2.45) is 0 Å². The number of halogens is 9. The highest BCUT2D eigenvalue weighted by molar-refractivity contribution is 4.78. The van der Waals surface area contributed by atoms with Gasteiger partial charge in [0.2, 0.25) is 0 Å². The molecule has 0 bridgehead atoms. The van der Waals surface area contributed by atoms with E-state index < -0.39 is 37.3 Å². The fourth-order valence-corrected chi connectivity index (χ4v) is 0.613. The van der Waals surface area contributed by atoms with Gasteiger partial charge in [0.15, 0.2) is 6.17 Å². The average molecular weight is 248 g/mol. The van der Waals surface area contributed by atoms with Crippen LogP contribution in [0.1, 0.15) is 12.8 Å². The molecule has 0 radical (unpaired) electrons. The number of alkyl halides is 9. The Morgan fingerprint density at radius 2 is 1.20 bits per heavy atom. The van der Waals surface area contributed by atoms with Gasteiger partial charge < -0.3 is 0 Å². The van der Waals surface area contributed by atoms with E-state index in [9.17, 15) is 39.5 Å². The van der Waals surface area contributed by atoms with Crippen LogP contribution in [0.25, 0.3) is 0 Å². The zero-order valence-electron chi connectivity index (χ0n) is 6.89. The molecule has 0 spiro atoms. The molecule has 1 unspecified atom stereocenters. The van der Waals surface area contributed by atoms with Gasteiger partial charge in [0.05, 0.1) is 0 Å². The first-order chi connectivity index (χ1) is 6.38. The molecule has 0 aromatic rings. The third kappa shape index (κ3) is 4.17. The summed E-state index contributed by atoms with van der Waals surface area (Å²) in [6.07, 6.45) is -19.2. The molecule has 0 aliphatic carbocycles. The largest absolute Gasteiger partial charge is 0.453 e. The predicted molar refractivity (Wildman–Crippen MR) is 31.2 cm³/mol. The normalized spacial score (nSPS) is 16.6. The van der Waals surface area contributed by atoms with E-state index >= 15 is 0 Å². The fraction of sp³-hybridized carbons (Fsp3) is 1.00. The molecule has 0 fully saturated rings. The number of hydrogen-bond acceptors (Lipinski definition) is 0. The Hall–Kier alpha value is -0.630. The second kappa shape index (κ2) is 4.09. The summed E-state index contributed by atoms with van der Waals surface area (Å²) in [4.78, 5) is 0. The molecule has 0 saturated carbocycles. The van der Waals surface area contributed by atoms with Gasteiger partial charge in [-0.1, -0.05) is 0 Å². The van der Waals surface area contributed by atoms with Crippen LogP contribution in [-0.4, -0.2) is 24.4 Å². The minimum atomic E-state index is -5.96. The van der Waals surface area contributed by atoms with Crippen molar-refractivity contribution in [1.29, 1.82) is 0 Å². The molecule has 1 atom stereocenters. The molecular weight excluding hydrogens is 243 g/mol. The fourth-order valence-electron chi connectivity index (χ4n) is 0.613. The van der Waals surface area contributed by atoms with E-state index in [4.69, 9.17) is 0 Å². The summed E-state index contributed by atoms with van der Waals surface area (Å²) in [6, 6.07) is 0. The van der Waals surface area contributed by atoms with Crippen LogP contribution in [0.15, 0.2) is 0 Å². The summed E-state index contributed by atoms with van der Waals surface area (Å²) in [7, 11) is 0. The van der Waals surface area contributed by atoms with E-state index in [0.717, 1.165) is 0 Å². The Balaban J connectivity index is 4.29. The van der Waals surface area contributed by atoms with Crippen LogP contribution < -0.4 is 0 Å². The Kier molecular flexibility index (Phi) is 3.92. The maximum absolute atomic E-state index is 12.0. The van der Waals surface area contributed by atoms with Crippen LogP contribution in [0.5, 0.6) is 0 Å². The molecule has 0 aliphatic rings. The molecule has 0 amide bonds. The zero-order chi connectivity index (χ0) is 12.5. The highest BCUT2D eigenvalue weighted by atomic mass is 19.4. The standard InChI is InChI=1S/C6H5F9/c7-3(5(10,11)12)1-2-4(8,9)6(13,14)15/h3H,1-2H2. The molecule has 15 heavy (non-hydrogen) atoms. The van der Waals surface area contributed by atoms with Crippen molar-refractivity contribution in [1.82, 2.24) is 0 Å². The second-order valence-electron chi connectivity index (χ2n) is 2.75. The number of rotatable bonds is 3. The molecule has 0 aromatic heterocycles. The van der Waals surface area contributed by atoms with Gasteiger partial charge in [0.25, 0.3) is 0 Å². The molecule has 0 N–H and O–H groups in total. The van der Waals surface area contributed by atoms with E-state index in [-0.39, 0.29) is 0 Å². The quantitative estimate of drug-likeness (QED) is 0.665. The highest BCUT2D eigenvalue weighted by Crippen LogP contribution is 2.40. The van der Waals surface area contributed by atoms with E-state index in [1.807, 2.05) is 0 Å². The molecule has 92 valence electrons. The maximum atomic E-state index is 12.0. The van der Waals surface area contributed by atoms with Crippen LogP contribution in [0.4, 0.5) is 39.5 Å². The predicted octanol–water partition coefficient (Wildman–Crippen LogP) is 3.86. The monoisotopic (exact) mass is 248 g/mol. The molecule has 0 aromatic carbocycles. The van der Waals surface area contributed by atoms with Gasteiger partial charge in [0.1, 0.15) is 0 Å². The van der Waals surface area contributed by atoms with Gasteiger partial charge in [-0.3, -0.25) is 0 Å². The van der Waals surface area contributed by atoms with Crippen molar-refractivity contribution in [3.05, 3.63) is 0 Å². The van der Waals surface area contributed by atoms with Crippen molar-refractivity contribution in [3.8, 4) is 0 Å². The smallest absolute Gasteiger partial charge is 0.237 e. The van der Waals surface area contributed by atoms with Gasteiger partial charge in [0, 0.05) is 6.42 Å². The summed E-state index contributed by atoms with van der Waals surface area (Å²) in [6.45, 7) is 0. The summed E-state index contributed by atoms with van der Waals surface area (Å²) >= 11 is 0. The lowest BCUT2D eigenvalue weighted by Crippen LogP contribution is -2.38. The molecule has 0 aliphatic heterocycles. The van der Waals surface area contributed by atoms with Gasteiger partial charge in [-0.05, 0) is 6.42 Å². The minimum Gasteiger partial charge on any atom is -0.237 e. The van der Waals surface area contributed by atoms with Gasteiger partial charge in [-0.15, -0.1) is 0 Å². The topological polar surface area (TPSA) is 0 Å². The van der Waals surface area contributed by atoms with Crippen molar-refractivity contribution in [3.63, 3.8) is 0 Å². The van der Waals surface area contributed by atoms with Crippen molar-refractivity contribution in [2.45, 2.75) is 37.3 Å². The zero-order valence-corrected chi connectivity index (χ0v) is 6.89. The number of hydrogen-bond donors (Lipinski definition) is 0. The summed E-state index contributed by atoms with van der Waals surface area (Å²) in [5.74, 6) is -5.30. The third-order valence-electron chi connectivity index (χ3n) is 1.48. The minimum absolute atomic E-state index is 1.92.